The quantitative estimate of drug-likeness (QED) is 0.458. The van der Waals surface area contributed by atoms with E-state index in [1.54, 1.807) is 11.4 Å². The number of carbonyl (C=O) groups excluding carboxylic acids is 3. The number of urea groups is 1. The van der Waals surface area contributed by atoms with Crippen molar-refractivity contribution in [1.29, 1.82) is 0 Å². The lowest BCUT2D eigenvalue weighted by Crippen LogP contribution is -2.46. The van der Waals surface area contributed by atoms with Crippen molar-refractivity contribution in [3.05, 3.63) is 62.4 Å². The van der Waals surface area contributed by atoms with Crippen LogP contribution in [0, 0.1) is 20.8 Å². The number of amides is 2. The maximum Gasteiger partial charge on any atom is 0.338 e. The zero-order valence-electron chi connectivity index (χ0n) is 20.0. The average Bonchev–Trinajstić information content (AvgIpc) is 3.47. The third-order valence-corrected chi connectivity index (χ3v) is 6.66. The molecule has 184 valence electrons. The first-order chi connectivity index (χ1) is 16.8. The fourth-order valence-corrected chi connectivity index (χ4v) is 4.89. The second-order valence-electron chi connectivity index (χ2n) is 8.14. The number of hydrogen-bond acceptors (Lipinski definition) is 8. The minimum absolute atomic E-state index is 0.109. The topological polar surface area (TPSA) is 124 Å². The lowest BCUT2D eigenvalue weighted by atomic mass is 10.0. The van der Waals surface area contributed by atoms with E-state index < -0.39 is 24.0 Å². The van der Waals surface area contributed by atoms with Gasteiger partial charge < -0.3 is 20.1 Å². The lowest BCUT2D eigenvalue weighted by molar-refractivity contribution is -0.143. The highest BCUT2D eigenvalue weighted by Gasteiger charge is 2.34. The lowest BCUT2D eigenvalue weighted by Gasteiger charge is -2.28. The molecule has 0 saturated heterocycles. The van der Waals surface area contributed by atoms with Gasteiger partial charge in [0.15, 0.2) is 5.65 Å². The van der Waals surface area contributed by atoms with Crippen LogP contribution in [0.25, 0.3) is 5.65 Å². The van der Waals surface area contributed by atoms with Gasteiger partial charge in [-0.25, -0.2) is 19.1 Å². The van der Waals surface area contributed by atoms with Gasteiger partial charge in [0.2, 0.25) is 0 Å². The normalized spacial score (nSPS) is 15.7. The van der Waals surface area contributed by atoms with Crippen LogP contribution in [0.2, 0.25) is 0 Å². The summed E-state index contributed by atoms with van der Waals surface area (Å²) in [5, 5.41) is 11.7. The van der Waals surface area contributed by atoms with Crippen molar-refractivity contribution in [2.45, 2.75) is 46.6 Å². The van der Waals surface area contributed by atoms with Crippen molar-refractivity contribution in [3.63, 3.8) is 0 Å². The van der Waals surface area contributed by atoms with Crippen molar-refractivity contribution >= 4 is 35.0 Å². The van der Waals surface area contributed by atoms with Gasteiger partial charge in [-0.2, -0.15) is 5.10 Å². The van der Waals surface area contributed by atoms with Gasteiger partial charge in [0.1, 0.15) is 6.61 Å². The molecular weight excluding hydrogens is 470 g/mol. The molecule has 1 atom stereocenters. The average molecular weight is 498 g/mol. The number of fused-ring (bicyclic) bond motifs is 1. The number of aromatic nitrogens is 3. The Morgan fingerprint density at radius 1 is 1.23 bits per heavy atom. The number of carbonyl (C=O) groups is 3. The molecule has 0 fully saturated rings. The predicted molar refractivity (Wildman–Crippen MR) is 129 cm³/mol. The van der Waals surface area contributed by atoms with Crippen LogP contribution in [0.1, 0.15) is 46.9 Å². The third kappa shape index (κ3) is 5.19. The summed E-state index contributed by atoms with van der Waals surface area (Å²) in [4.78, 5) is 43.0. The van der Waals surface area contributed by atoms with E-state index in [2.05, 4.69) is 20.7 Å². The van der Waals surface area contributed by atoms with E-state index in [0.29, 0.717) is 6.42 Å². The molecule has 35 heavy (non-hydrogen) atoms. The van der Waals surface area contributed by atoms with E-state index in [0.717, 1.165) is 33.2 Å². The van der Waals surface area contributed by atoms with E-state index in [9.17, 15) is 14.4 Å². The second-order valence-corrected chi connectivity index (χ2v) is 9.12. The highest BCUT2D eigenvalue weighted by Crippen LogP contribution is 2.30. The van der Waals surface area contributed by atoms with Crippen molar-refractivity contribution in [1.82, 2.24) is 25.2 Å². The molecule has 0 aromatic carbocycles. The Morgan fingerprint density at radius 3 is 2.74 bits per heavy atom. The zero-order chi connectivity index (χ0) is 25.1. The Labute approximate surface area is 206 Å². The number of thiophene rings is 1. The fourth-order valence-electron chi connectivity index (χ4n) is 4.11. The van der Waals surface area contributed by atoms with Gasteiger partial charge in [-0.15, -0.1) is 11.3 Å². The highest BCUT2D eigenvalue weighted by molar-refractivity contribution is 7.10. The fraction of sp³-hybridized carbons (Fsp3) is 0.375. The Bertz CT molecular complexity index is 1310. The SMILES string of the molecule is CCOC(=O)C1=C(COC(=O)CCc2c(C)nc3cc(C)nn3c2C)NC(=O)N[C@@H]1c1cccs1. The smallest absolute Gasteiger partial charge is 0.338 e. The van der Waals surface area contributed by atoms with Crippen molar-refractivity contribution in [2.75, 3.05) is 13.2 Å². The molecular formula is C24H27N5O5S. The summed E-state index contributed by atoms with van der Waals surface area (Å²) in [7, 11) is 0. The minimum atomic E-state index is -0.683. The number of nitrogens with one attached hydrogen (secondary N) is 2. The van der Waals surface area contributed by atoms with Gasteiger partial charge >= 0.3 is 18.0 Å². The summed E-state index contributed by atoms with van der Waals surface area (Å²) in [6.45, 7) is 7.38. The van der Waals surface area contributed by atoms with E-state index in [4.69, 9.17) is 9.47 Å². The standard InChI is InChI=1S/C24H27N5O5S/c1-5-33-23(31)21-17(26-24(32)27-22(21)18-7-6-10-35-18)12-34-20(30)9-8-16-14(3)25-19-11-13(2)28-29(19)15(16)4/h6-7,10-11,22H,5,8-9,12H2,1-4H3,(H2,26,27,32)/t22-/m1/s1. The van der Waals surface area contributed by atoms with Crippen LogP contribution in [0.4, 0.5) is 4.79 Å². The molecule has 4 rings (SSSR count). The van der Waals surface area contributed by atoms with Gasteiger partial charge in [-0.3, -0.25) is 4.79 Å². The van der Waals surface area contributed by atoms with Crippen molar-refractivity contribution in [3.8, 4) is 0 Å². The third-order valence-electron chi connectivity index (χ3n) is 5.72. The Balaban J connectivity index is 1.49. The Hall–Kier alpha value is -3.73. The number of aryl methyl sites for hydroxylation is 3. The van der Waals surface area contributed by atoms with Crippen LogP contribution < -0.4 is 10.6 Å². The summed E-state index contributed by atoms with van der Waals surface area (Å²) in [6, 6.07) is 4.39. The van der Waals surface area contributed by atoms with E-state index in [-0.39, 0.29) is 30.9 Å². The molecule has 3 aromatic heterocycles. The van der Waals surface area contributed by atoms with Gasteiger partial charge in [0.25, 0.3) is 0 Å². The summed E-state index contributed by atoms with van der Waals surface area (Å²) in [6.07, 6.45) is 0.533. The van der Waals surface area contributed by atoms with Crippen LogP contribution >= 0.6 is 11.3 Å². The van der Waals surface area contributed by atoms with E-state index >= 15 is 0 Å². The van der Waals surface area contributed by atoms with Gasteiger partial charge in [0.05, 0.1) is 29.6 Å². The monoisotopic (exact) mass is 497 g/mol. The van der Waals surface area contributed by atoms with Crippen molar-refractivity contribution in [2.24, 2.45) is 0 Å². The maximum absolute atomic E-state index is 12.7. The van der Waals surface area contributed by atoms with Gasteiger partial charge in [-0.05, 0) is 51.1 Å². The molecule has 2 N–H and O–H groups in total. The van der Waals surface area contributed by atoms with Crippen LogP contribution in [-0.4, -0.2) is 45.8 Å². The zero-order valence-corrected chi connectivity index (χ0v) is 20.8. The molecule has 0 bridgehead atoms. The molecule has 11 heteroatoms. The van der Waals surface area contributed by atoms with Crippen molar-refractivity contribution < 1.29 is 23.9 Å². The molecule has 0 radical (unpaired) electrons. The molecule has 0 unspecified atom stereocenters. The summed E-state index contributed by atoms with van der Waals surface area (Å²) < 4.78 is 12.4. The molecule has 0 spiro atoms. The second kappa shape index (κ2) is 10.3. The summed E-state index contributed by atoms with van der Waals surface area (Å²) >= 11 is 1.40. The van der Waals surface area contributed by atoms with Gasteiger partial charge in [0, 0.05) is 28.8 Å². The maximum atomic E-state index is 12.7. The molecule has 0 saturated carbocycles. The van der Waals surface area contributed by atoms with Gasteiger partial charge in [-0.1, -0.05) is 6.07 Å². The van der Waals surface area contributed by atoms with Crippen LogP contribution in [0.5, 0.6) is 0 Å². The minimum Gasteiger partial charge on any atom is -0.463 e. The number of esters is 2. The Morgan fingerprint density at radius 2 is 2.03 bits per heavy atom. The first-order valence-corrected chi connectivity index (χ1v) is 12.2. The number of rotatable bonds is 8. The largest absolute Gasteiger partial charge is 0.463 e. The number of ether oxygens (including phenoxy) is 2. The van der Waals surface area contributed by atoms with Crippen LogP contribution in [-0.2, 0) is 25.5 Å². The van der Waals surface area contributed by atoms with Crippen LogP contribution in [0.15, 0.2) is 34.8 Å². The van der Waals surface area contributed by atoms with E-state index in [1.165, 1.54) is 11.3 Å². The molecule has 10 nitrogen and oxygen atoms in total. The molecule has 1 aliphatic rings. The number of nitrogens with zero attached hydrogens (tertiary/aromatic N) is 3. The van der Waals surface area contributed by atoms with E-state index in [1.807, 2.05) is 44.4 Å². The molecule has 2 amide bonds. The molecule has 4 heterocycles. The molecule has 1 aliphatic heterocycles. The number of hydrogen-bond donors (Lipinski definition) is 2. The first-order valence-electron chi connectivity index (χ1n) is 11.3. The first kappa shape index (κ1) is 24.4. The highest BCUT2D eigenvalue weighted by atomic mass is 32.1. The summed E-state index contributed by atoms with van der Waals surface area (Å²) in [5.74, 6) is -1.04. The molecule has 3 aromatic rings. The Kier molecular flexibility index (Phi) is 7.15. The van der Waals surface area contributed by atoms with Crippen LogP contribution in [0.3, 0.4) is 0 Å². The predicted octanol–water partition coefficient (Wildman–Crippen LogP) is 3.06. The molecule has 0 aliphatic carbocycles. The summed E-state index contributed by atoms with van der Waals surface area (Å²) in [5.41, 5.74) is 4.75.